The summed E-state index contributed by atoms with van der Waals surface area (Å²) in [4.78, 5) is 12.2. The van der Waals surface area contributed by atoms with Gasteiger partial charge in [0.2, 0.25) is 0 Å². The molecule has 2 N–H and O–H groups in total. The van der Waals surface area contributed by atoms with E-state index in [1.807, 2.05) is 16.8 Å². The van der Waals surface area contributed by atoms with E-state index in [0.717, 1.165) is 76.8 Å². The maximum Gasteiger partial charge on any atom is 0.157 e. The molecule has 2 saturated heterocycles. The highest BCUT2D eigenvalue weighted by atomic mass is 16.3. The van der Waals surface area contributed by atoms with E-state index in [9.17, 15) is 5.11 Å². The van der Waals surface area contributed by atoms with Gasteiger partial charge >= 0.3 is 0 Å². The van der Waals surface area contributed by atoms with E-state index in [4.69, 9.17) is 4.98 Å². The zero-order chi connectivity index (χ0) is 20.1. The van der Waals surface area contributed by atoms with Gasteiger partial charge in [-0.1, -0.05) is 0 Å². The molecule has 3 aliphatic heterocycles. The molecule has 1 atom stereocenters. The minimum absolute atomic E-state index is 0.304. The van der Waals surface area contributed by atoms with Crippen LogP contribution in [0.3, 0.4) is 0 Å². The highest BCUT2D eigenvalue weighted by Gasteiger charge is 2.39. The summed E-state index contributed by atoms with van der Waals surface area (Å²) in [5.41, 5.74) is 3.47. The van der Waals surface area contributed by atoms with E-state index in [-0.39, 0.29) is 6.23 Å². The molecule has 30 heavy (non-hydrogen) atoms. The van der Waals surface area contributed by atoms with Crippen molar-refractivity contribution in [2.45, 2.75) is 31.9 Å². The van der Waals surface area contributed by atoms with Crippen LogP contribution in [0.2, 0.25) is 0 Å². The Labute approximate surface area is 177 Å². The predicted molar refractivity (Wildman–Crippen MR) is 116 cm³/mol. The van der Waals surface area contributed by atoms with Crippen LogP contribution in [0, 0.1) is 11.8 Å². The largest absolute Gasteiger partial charge is 0.378 e. The van der Waals surface area contributed by atoms with Gasteiger partial charge in [0.05, 0.1) is 11.9 Å². The van der Waals surface area contributed by atoms with E-state index >= 15 is 0 Å². The molecule has 1 unspecified atom stereocenters. The van der Waals surface area contributed by atoms with Gasteiger partial charge in [-0.15, -0.1) is 0 Å². The Balaban J connectivity index is 1.14. The third kappa shape index (κ3) is 3.49. The number of piperazine rings is 1. The van der Waals surface area contributed by atoms with Gasteiger partial charge in [0.25, 0.3) is 0 Å². The Bertz CT molecular complexity index is 896. The molecule has 0 amide bonds. The first kappa shape index (κ1) is 19.0. The topological polar surface area (TPSA) is 72.2 Å². The van der Waals surface area contributed by atoms with Gasteiger partial charge in [-0.25, -0.2) is 4.98 Å². The molecule has 4 aliphatic rings. The first-order chi connectivity index (χ1) is 14.8. The van der Waals surface area contributed by atoms with Gasteiger partial charge in [0, 0.05) is 76.3 Å². The number of aliphatic hydroxyl groups excluding tert-OH is 1. The summed E-state index contributed by atoms with van der Waals surface area (Å²) < 4.78 is 2.00. The van der Waals surface area contributed by atoms with E-state index in [0.29, 0.717) is 5.92 Å². The number of hydrogen-bond acceptors (Lipinski definition) is 7. The molecule has 2 aromatic rings. The number of aliphatic hydroxyl groups is 1. The van der Waals surface area contributed by atoms with Crippen LogP contribution in [-0.2, 0) is 12.8 Å². The van der Waals surface area contributed by atoms with Crippen molar-refractivity contribution in [3.05, 3.63) is 23.5 Å². The normalized spacial score (nSPS) is 25.2. The van der Waals surface area contributed by atoms with Crippen molar-refractivity contribution in [1.82, 2.24) is 29.7 Å². The zero-order valence-electron chi connectivity index (χ0n) is 17.7. The lowest BCUT2D eigenvalue weighted by atomic mass is 9.95. The Kier molecular flexibility index (Phi) is 4.90. The summed E-state index contributed by atoms with van der Waals surface area (Å²) in [5.74, 6) is 2.45. The number of aromatic nitrogens is 3. The summed E-state index contributed by atoms with van der Waals surface area (Å²) in [6, 6.07) is 2.00. The van der Waals surface area contributed by atoms with Gasteiger partial charge in [0.15, 0.2) is 5.65 Å². The summed E-state index contributed by atoms with van der Waals surface area (Å²) >= 11 is 0. The van der Waals surface area contributed by atoms with E-state index in [2.05, 4.69) is 25.1 Å². The van der Waals surface area contributed by atoms with Crippen molar-refractivity contribution in [2.75, 3.05) is 63.8 Å². The average Bonchev–Trinajstić information content (AvgIpc) is 3.46. The lowest BCUT2D eigenvalue weighted by Gasteiger charge is -2.48. The van der Waals surface area contributed by atoms with E-state index in [1.54, 1.807) is 0 Å². The van der Waals surface area contributed by atoms with Gasteiger partial charge in [-0.2, -0.15) is 9.61 Å². The van der Waals surface area contributed by atoms with Crippen LogP contribution in [0.4, 0.5) is 5.82 Å². The first-order valence-electron chi connectivity index (χ1n) is 11.7. The highest BCUT2D eigenvalue weighted by molar-refractivity contribution is 5.59. The molecule has 2 aromatic heterocycles. The van der Waals surface area contributed by atoms with Crippen molar-refractivity contribution >= 4 is 11.5 Å². The minimum Gasteiger partial charge on any atom is -0.378 e. The molecule has 8 heteroatoms. The lowest BCUT2D eigenvalue weighted by molar-refractivity contribution is -0.0682. The van der Waals surface area contributed by atoms with Gasteiger partial charge in [-0.05, 0) is 31.7 Å². The van der Waals surface area contributed by atoms with Crippen molar-refractivity contribution in [2.24, 2.45) is 11.8 Å². The van der Waals surface area contributed by atoms with E-state index in [1.165, 1.54) is 36.5 Å². The number of hydrogen-bond donors (Lipinski definition) is 2. The maximum atomic E-state index is 11.0. The summed E-state index contributed by atoms with van der Waals surface area (Å²) in [7, 11) is 0. The Morgan fingerprint density at radius 2 is 1.90 bits per heavy atom. The second-order valence-electron chi connectivity index (χ2n) is 9.57. The van der Waals surface area contributed by atoms with Crippen molar-refractivity contribution < 1.29 is 5.11 Å². The number of rotatable bonds is 5. The fourth-order valence-electron chi connectivity index (χ4n) is 5.39. The molecule has 0 spiro atoms. The second-order valence-corrected chi connectivity index (χ2v) is 9.57. The molecular formula is C22H33N7O. The molecule has 0 aromatic carbocycles. The smallest absolute Gasteiger partial charge is 0.157 e. The fraction of sp³-hybridized carbons (Fsp3) is 0.727. The summed E-state index contributed by atoms with van der Waals surface area (Å²) in [6.45, 7) is 9.20. The molecule has 8 nitrogen and oxygen atoms in total. The number of nitrogens with one attached hydrogen (secondary N) is 1. The molecule has 5 heterocycles. The number of anilines is 1. The third-order valence-corrected chi connectivity index (χ3v) is 7.41. The lowest BCUT2D eigenvalue weighted by Crippen LogP contribution is -2.60. The van der Waals surface area contributed by atoms with Gasteiger partial charge in [-0.3, -0.25) is 4.90 Å². The molecule has 0 radical (unpaired) electrons. The second kappa shape index (κ2) is 7.75. The maximum absolute atomic E-state index is 11.0. The molecule has 6 rings (SSSR count). The Morgan fingerprint density at radius 3 is 2.70 bits per heavy atom. The fourth-order valence-corrected chi connectivity index (χ4v) is 5.39. The van der Waals surface area contributed by atoms with Crippen LogP contribution in [-0.4, -0.2) is 94.6 Å². The van der Waals surface area contributed by atoms with Crippen LogP contribution >= 0.6 is 0 Å². The first-order valence-corrected chi connectivity index (χ1v) is 11.7. The average molecular weight is 412 g/mol. The van der Waals surface area contributed by atoms with E-state index < -0.39 is 0 Å². The molecule has 0 bridgehead atoms. The third-order valence-electron chi connectivity index (χ3n) is 7.41. The molecular weight excluding hydrogens is 378 g/mol. The van der Waals surface area contributed by atoms with Crippen molar-refractivity contribution in [3.63, 3.8) is 0 Å². The molecule has 1 saturated carbocycles. The highest BCUT2D eigenvalue weighted by Crippen LogP contribution is 2.34. The monoisotopic (exact) mass is 411 g/mol. The summed E-state index contributed by atoms with van der Waals surface area (Å²) in [6.07, 6.45) is 6.30. The standard InChI is InChI=1S/C22H33N7O/c30-22(27-11-9-26(10-12-27)13-16-1-2-16)17-14-28(15-17)21-18-3-6-23-7-4-19(18)25-20-5-8-24-29(20)21/h5,8,16-17,22-23,30H,1-4,6-7,9-15H2. The van der Waals surface area contributed by atoms with Gasteiger partial charge < -0.3 is 20.2 Å². The van der Waals surface area contributed by atoms with Crippen molar-refractivity contribution in [3.8, 4) is 0 Å². The SMILES string of the molecule is OC(C1CN(c2c3c(nc4ccnn24)CCNCC3)C1)N1CCN(CC2CC2)CC1. The van der Waals surface area contributed by atoms with Crippen LogP contribution in [0.15, 0.2) is 12.3 Å². The minimum atomic E-state index is -0.334. The predicted octanol–water partition coefficient (Wildman–Crippen LogP) is 0.200. The van der Waals surface area contributed by atoms with Crippen LogP contribution in [0.1, 0.15) is 24.1 Å². The van der Waals surface area contributed by atoms with Crippen LogP contribution in [0.25, 0.3) is 5.65 Å². The molecule has 162 valence electrons. The molecule has 3 fully saturated rings. The zero-order valence-corrected chi connectivity index (χ0v) is 17.7. The summed E-state index contributed by atoms with van der Waals surface area (Å²) in [5, 5.41) is 19.1. The van der Waals surface area contributed by atoms with Crippen molar-refractivity contribution in [1.29, 1.82) is 0 Å². The Morgan fingerprint density at radius 1 is 1.10 bits per heavy atom. The Hall–Kier alpha value is -1.74. The number of fused-ring (bicyclic) bond motifs is 2. The van der Waals surface area contributed by atoms with Crippen LogP contribution in [0.5, 0.6) is 0 Å². The van der Waals surface area contributed by atoms with Gasteiger partial charge in [0.1, 0.15) is 12.0 Å². The molecule has 1 aliphatic carbocycles. The number of nitrogens with zero attached hydrogens (tertiary/aromatic N) is 6. The quantitative estimate of drug-likeness (QED) is 0.728. The van der Waals surface area contributed by atoms with Crippen LogP contribution < -0.4 is 10.2 Å².